The summed E-state index contributed by atoms with van der Waals surface area (Å²) in [6, 6.07) is 1.74. The number of nitrogen functional groups attached to an aromatic ring is 1. The van der Waals surface area contributed by atoms with E-state index in [2.05, 4.69) is 0 Å². The number of halogens is 1. The fraction of sp³-hybridized carbons (Fsp3) is 0.500. The van der Waals surface area contributed by atoms with Crippen LogP contribution in [0.15, 0.2) is 12.1 Å². The van der Waals surface area contributed by atoms with E-state index in [0.29, 0.717) is 18.5 Å². The minimum atomic E-state index is -0.892. The number of nitro groups is 1. The third-order valence-electron chi connectivity index (χ3n) is 3.90. The first-order valence-corrected chi connectivity index (χ1v) is 6.89. The molecule has 1 aromatic rings. The molecule has 0 spiro atoms. The summed E-state index contributed by atoms with van der Waals surface area (Å²) >= 11 is 0. The van der Waals surface area contributed by atoms with E-state index >= 15 is 0 Å². The molecule has 0 aromatic heterocycles. The first-order valence-electron chi connectivity index (χ1n) is 6.89. The molecule has 1 aromatic carbocycles. The minimum absolute atomic E-state index is 0.167. The van der Waals surface area contributed by atoms with Gasteiger partial charge in [0.05, 0.1) is 16.7 Å². The van der Waals surface area contributed by atoms with Crippen LogP contribution in [0.4, 0.5) is 15.8 Å². The smallest absolute Gasteiger partial charge is 0.285 e. The molecule has 0 atom stereocenters. The second-order valence-electron chi connectivity index (χ2n) is 5.48. The van der Waals surface area contributed by atoms with E-state index in [1.54, 1.807) is 7.05 Å². The van der Waals surface area contributed by atoms with Crippen LogP contribution in [-0.4, -0.2) is 29.3 Å². The predicted molar refractivity (Wildman–Crippen MR) is 76.4 cm³/mol. The predicted octanol–water partition coefficient (Wildman–Crippen LogP) is 2.58. The summed E-state index contributed by atoms with van der Waals surface area (Å²) in [5.74, 6) is -0.965. The largest absolute Gasteiger partial charge is 0.396 e. The van der Waals surface area contributed by atoms with E-state index in [1.807, 2.05) is 0 Å². The molecule has 0 aliphatic heterocycles. The number of nitro benzene ring substituents is 1. The first kappa shape index (κ1) is 15.2. The van der Waals surface area contributed by atoms with Gasteiger partial charge in [0.15, 0.2) is 5.82 Å². The number of hydrogen-bond acceptors (Lipinski definition) is 4. The van der Waals surface area contributed by atoms with Crippen molar-refractivity contribution < 1.29 is 14.1 Å². The number of amides is 1. The van der Waals surface area contributed by atoms with Crippen molar-refractivity contribution in [3.8, 4) is 0 Å². The van der Waals surface area contributed by atoms with Crippen molar-refractivity contribution in [3.05, 3.63) is 33.6 Å². The highest BCUT2D eigenvalue weighted by molar-refractivity contribution is 5.99. The van der Waals surface area contributed by atoms with Gasteiger partial charge in [0, 0.05) is 13.6 Å². The van der Waals surface area contributed by atoms with Crippen LogP contribution in [0.2, 0.25) is 0 Å². The molecular weight excluding hydrogens is 277 g/mol. The molecule has 0 heterocycles. The third-order valence-corrected chi connectivity index (χ3v) is 3.90. The van der Waals surface area contributed by atoms with Gasteiger partial charge < -0.3 is 10.6 Å². The minimum Gasteiger partial charge on any atom is -0.396 e. The lowest BCUT2D eigenvalue weighted by Crippen LogP contribution is -2.31. The van der Waals surface area contributed by atoms with Gasteiger partial charge in [0.25, 0.3) is 11.6 Å². The number of nitrogens with zero attached hydrogens (tertiary/aromatic N) is 2. The van der Waals surface area contributed by atoms with Gasteiger partial charge in [-0.05, 0) is 24.8 Å². The van der Waals surface area contributed by atoms with Crippen molar-refractivity contribution >= 4 is 17.3 Å². The van der Waals surface area contributed by atoms with Gasteiger partial charge in [-0.15, -0.1) is 0 Å². The highest BCUT2D eigenvalue weighted by atomic mass is 19.1. The van der Waals surface area contributed by atoms with Gasteiger partial charge in [-0.1, -0.05) is 12.8 Å². The number of carbonyl (C=O) groups excluding carboxylic acids is 1. The summed E-state index contributed by atoms with van der Waals surface area (Å²) in [7, 11) is 1.60. The molecule has 2 rings (SSSR count). The van der Waals surface area contributed by atoms with E-state index < -0.39 is 22.3 Å². The molecule has 2 N–H and O–H groups in total. The molecule has 6 nitrogen and oxygen atoms in total. The first-order chi connectivity index (χ1) is 9.90. The average Bonchev–Trinajstić information content (AvgIpc) is 2.93. The number of rotatable bonds is 4. The van der Waals surface area contributed by atoms with Gasteiger partial charge in [0.2, 0.25) is 0 Å². The molecule has 0 unspecified atom stereocenters. The van der Waals surface area contributed by atoms with Gasteiger partial charge in [-0.25, -0.2) is 4.39 Å². The Morgan fingerprint density at radius 3 is 2.67 bits per heavy atom. The van der Waals surface area contributed by atoms with E-state index in [1.165, 1.54) is 4.90 Å². The molecule has 1 saturated carbocycles. The van der Waals surface area contributed by atoms with Crippen LogP contribution in [-0.2, 0) is 0 Å². The molecule has 1 fully saturated rings. The molecule has 0 saturated heterocycles. The topological polar surface area (TPSA) is 89.5 Å². The Balaban J connectivity index is 2.24. The van der Waals surface area contributed by atoms with Gasteiger partial charge in [-0.2, -0.15) is 0 Å². The van der Waals surface area contributed by atoms with E-state index in [-0.39, 0.29) is 11.3 Å². The van der Waals surface area contributed by atoms with Gasteiger partial charge >= 0.3 is 0 Å². The summed E-state index contributed by atoms with van der Waals surface area (Å²) in [6.07, 6.45) is 4.42. The maximum absolute atomic E-state index is 13.4. The highest BCUT2D eigenvalue weighted by Gasteiger charge is 2.27. The second-order valence-corrected chi connectivity index (χ2v) is 5.48. The molecule has 1 amide bonds. The van der Waals surface area contributed by atoms with Crippen LogP contribution in [0.5, 0.6) is 0 Å². The summed E-state index contributed by atoms with van der Waals surface area (Å²) in [4.78, 5) is 24.0. The van der Waals surface area contributed by atoms with Crippen molar-refractivity contribution in [2.24, 2.45) is 5.92 Å². The lowest BCUT2D eigenvalue weighted by molar-refractivity contribution is -0.385. The number of carbonyl (C=O) groups is 1. The molecule has 0 radical (unpaired) electrons. The van der Waals surface area contributed by atoms with Crippen molar-refractivity contribution in [2.75, 3.05) is 19.3 Å². The molecule has 1 aliphatic carbocycles. The zero-order chi connectivity index (χ0) is 15.6. The molecule has 114 valence electrons. The van der Waals surface area contributed by atoms with Gasteiger partial charge in [0.1, 0.15) is 5.56 Å². The number of hydrogen-bond donors (Lipinski definition) is 1. The maximum atomic E-state index is 13.4. The summed E-state index contributed by atoms with van der Waals surface area (Å²) in [6.45, 7) is 0.549. The van der Waals surface area contributed by atoms with Crippen LogP contribution in [0, 0.1) is 21.8 Å². The zero-order valence-corrected chi connectivity index (χ0v) is 11.8. The summed E-state index contributed by atoms with van der Waals surface area (Å²) in [5.41, 5.74) is 4.44. The Morgan fingerprint density at radius 1 is 1.48 bits per heavy atom. The second kappa shape index (κ2) is 6.07. The Hall–Kier alpha value is -2.18. The fourth-order valence-corrected chi connectivity index (χ4v) is 2.77. The SMILES string of the molecule is CN(CC1CCCC1)C(=O)c1cc(N)c(F)cc1[N+](=O)[O-]. The molecule has 7 heteroatoms. The third kappa shape index (κ3) is 3.29. The highest BCUT2D eigenvalue weighted by Crippen LogP contribution is 2.28. The van der Waals surface area contributed by atoms with E-state index in [0.717, 1.165) is 31.7 Å². The van der Waals surface area contributed by atoms with Crippen LogP contribution in [0.3, 0.4) is 0 Å². The Morgan fingerprint density at radius 2 is 2.10 bits per heavy atom. The fourth-order valence-electron chi connectivity index (χ4n) is 2.77. The van der Waals surface area contributed by atoms with Crippen molar-refractivity contribution in [1.29, 1.82) is 0 Å². The number of nitrogens with two attached hydrogens (primary N) is 1. The van der Waals surface area contributed by atoms with E-state index in [4.69, 9.17) is 5.73 Å². The Kier molecular flexibility index (Phi) is 4.40. The molecular formula is C14H18FN3O3. The molecule has 0 bridgehead atoms. The summed E-state index contributed by atoms with van der Waals surface area (Å²) in [5, 5.41) is 11.0. The Bertz CT molecular complexity index is 571. The van der Waals surface area contributed by atoms with Crippen molar-refractivity contribution in [2.45, 2.75) is 25.7 Å². The van der Waals surface area contributed by atoms with E-state index in [9.17, 15) is 19.3 Å². The standard InChI is InChI=1S/C14H18FN3O3/c1-17(8-9-4-2-3-5-9)14(19)10-6-12(16)11(15)7-13(10)18(20)21/h6-7,9H,2-5,8,16H2,1H3. The Labute approximate surface area is 121 Å². The lowest BCUT2D eigenvalue weighted by Gasteiger charge is -2.21. The monoisotopic (exact) mass is 295 g/mol. The van der Waals surface area contributed by atoms with Crippen LogP contribution in [0.1, 0.15) is 36.0 Å². The number of benzene rings is 1. The van der Waals surface area contributed by atoms with Crippen LogP contribution in [0.25, 0.3) is 0 Å². The molecule has 21 heavy (non-hydrogen) atoms. The lowest BCUT2D eigenvalue weighted by atomic mass is 10.1. The quantitative estimate of drug-likeness (QED) is 0.525. The van der Waals surface area contributed by atoms with Crippen LogP contribution >= 0.6 is 0 Å². The zero-order valence-electron chi connectivity index (χ0n) is 11.8. The van der Waals surface area contributed by atoms with Crippen LogP contribution < -0.4 is 5.73 Å². The molecule has 1 aliphatic rings. The van der Waals surface area contributed by atoms with Crippen molar-refractivity contribution in [1.82, 2.24) is 4.90 Å². The van der Waals surface area contributed by atoms with Gasteiger partial charge in [-0.3, -0.25) is 14.9 Å². The number of anilines is 1. The maximum Gasteiger partial charge on any atom is 0.285 e. The van der Waals surface area contributed by atoms with Crippen molar-refractivity contribution in [3.63, 3.8) is 0 Å². The normalized spacial score (nSPS) is 15.1. The summed E-state index contributed by atoms with van der Waals surface area (Å²) < 4.78 is 13.4. The average molecular weight is 295 g/mol.